The van der Waals surface area contributed by atoms with Gasteiger partial charge in [-0.1, -0.05) is 24.3 Å². The zero-order chi connectivity index (χ0) is 17.2. The van der Waals surface area contributed by atoms with E-state index in [9.17, 15) is 22.6 Å². The topological polar surface area (TPSA) is 107 Å². The third kappa shape index (κ3) is 3.52. The molecular formula is C14H11N2O5S2-. The Labute approximate surface area is 138 Å². The summed E-state index contributed by atoms with van der Waals surface area (Å²) in [5.41, 5.74) is -0.371. The predicted molar refractivity (Wildman–Crippen MR) is 85.0 cm³/mol. The van der Waals surface area contributed by atoms with E-state index in [1.165, 1.54) is 24.3 Å². The molecule has 0 spiro atoms. The Kier molecular flexibility index (Phi) is 4.73. The van der Waals surface area contributed by atoms with E-state index in [1.54, 1.807) is 0 Å². The van der Waals surface area contributed by atoms with E-state index < -0.39 is 26.8 Å². The van der Waals surface area contributed by atoms with Crippen LogP contribution in [0, 0.1) is 0 Å². The number of carbonyl (C=O) groups is 2. The summed E-state index contributed by atoms with van der Waals surface area (Å²) in [7, 11) is -4.75. The molecule has 1 heterocycles. The zero-order valence-corrected chi connectivity index (χ0v) is 13.3. The second-order valence-electron chi connectivity index (χ2n) is 4.51. The molecule has 1 aliphatic rings. The van der Waals surface area contributed by atoms with E-state index in [4.69, 9.17) is 12.2 Å². The van der Waals surface area contributed by atoms with Crippen molar-refractivity contribution in [1.29, 1.82) is 0 Å². The molecule has 1 N–H and O–H groups in total. The molecule has 1 aromatic carbocycles. The number of rotatable bonds is 4. The Morgan fingerprint density at radius 3 is 2.57 bits per heavy atom. The Morgan fingerprint density at radius 1 is 1.30 bits per heavy atom. The highest BCUT2D eigenvalue weighted by Crippen LogP contribution is 2.20. The van der Waals surface area contributed by atoms with Gasteiger partial charge in [0.25, 0.3) is 11.8 Å². The van der Waals surface area contributed by atoms with Crippen LogP contribution in [0.1, 0.15) is 5.56 Å². The molecule has 23 heavy (non-hydrogen) atoms. The van der Waals surface area contributed by atoms with Gasteiger partial charge in [0.1, 0.15) is 15.7 Å². The summed E-state index contributed by atoms with van der Waals surface area (Å²) in [6, 6.07) is 5.28. The smallest absolute Gasteiger partial charge is 0.265 e. The molecule has 0 saturated carbocycles. The first kappa shape index (κ1) is 17.0. The van der Waals surface area contributed by atoms with Crippen molar-refractivity contribution >= 4 is 45.3 Å². The molecular weight excluding hydrogens is 340 g/mol. The molecule has 0 unspecified atom stereocenters. The molecule has 0 bridgehead atoms. The molecule has 7 nitrogen and oxygen atoms in total. The van der Waals surface area contributed by atoms with Crippen LogP contribution in [0.4, 0.5) is 0 Å². The van der Waals surface area contributed by atoms with Gasteiger partial charge < -0.3 is 4.55 Å². The largest absolute Gasteiger partial charge is 0.744 e. The highest BCUT2D eigenvalue weighted by atomic mass is 32.2. The molecule has 1 fully saturated rings. The summed E-state index contributed by atoms with van der Waals surface area (Å²) < 4.78 is 33.8. The van der Waals surface area contributed by atoms with Gasteiger partial charge in [0.15, 0.2) is 5.11 Å². The lowest BCUT2D eigenvalue weighted by molar-refractivity contribution is -0.128. The first-order valence-corrected chi connectivity index (χ1v) is 8.12. The van der Waals surface area contributed by atoms with Gasteiger partial charge in [-0.3, -0.25) is 19.8 Å². The Bertz CT molecular complexity index is 842. The van der Waals surface area contributed by atoms with Gasteiger partial charge in [-0.25, -0.2) is 8.42 Å². The first-order chi connectivity index (χ1) is 10.8. The number of carbonyl (C=O) groups excluding carboxylic acids is 2. The van der Waals surface area contributed by atoms with Crippen molar-refractivity contribution in [1.82, 2.24) is 10.2 Å². The maximum Gasteiger partial charge on any atom is 0.265 e. The second kappa shape index (κ2) is 6.41. The number of benzene rings is 1. The third-order valence-corrected chi connectivity index (χ3v) is 4.22. The van der Waals surface area contributed by atoms with Crippen LogP contribution in [0.3, 0.4) is 0 Å². The Balaban J connectivity index is 2.54. The minimum atomic E-state index is -4.75. The van der Waals surface area contributed by atoms with Crippen LogP contribution in [-0.2, 0) is 19.7 Å². The van der Waals surface area contributed by atoms with E-state index in [2.05, 4.69) is 11.9 Å². The first-order valence-electron chi connectivity index (χ1n) is 6.30. The fourth-order valence-corrected chi connectivity index (χ4v) is 2.88. The van der Waals surface area contributed by atoms with Gasteiger partial charge in [-0.2, -0.15) is 0 Å². The van der Waals surface area contributed by atoms with Crippen LogP contribution >= 0.6 is 12.2 Å². The van der Waals surface area contributed by atoms with Crippen molar-refractivity contribution in [2.24, 2.45) is 0 Å². The van der Waals surface area contributed by atoms with E-state index in [-0.39, 0.29) is 22.8 Å². The van der Waals surface area contributed by atoms with Gasteiger partial charge in [0.2, 0.25) is 0 Å². The molecule has 0 radical (unpaired) electrons. The molecule has 2 rings (SSSR count). The summed E-state index contributed by atoms with van der Waals surface area (Å²) in [5.74, 6) is -1.46. The predicted octanol–water partition coefficient (Wildman–Crippen LogP) is 0.403. The summed E-state index contributed by atoms with van der Waals surface area (Å²) in [5, 5.41) is 2.26. The van der Waals surface area contributed by atoms with Crippen LogP contribution in [0.5, 0.6) is 0 Å². The lowest BCUT2D eigenvalue weighted by Crippen LogP contribution is -2.53. The summed E-state index contributed by atoms with van der Waals surface area (Å²) >= 11 is 4.90. The average molecular weight is 351 g/mol. The van der Waals surface area contributed by atoms with Gasteiger partial charge in [-0.05, 0) is 29.9 Å². The number of hydrogen-bond donors (Lipinski definition) is 1. The van der Waals surface area contributed by atoms with Gasteiger partial charge in [-0.15, -0.1) is 6.58 Å². The van der Waals surface area contributed by atoms with Crippen molar-refractivity contribution in [2.45, 2.75) is 4.90 Å². The molecule has 0 atom stereocenters. The second-order valence-corrected chi connectivity index (χ2v) is 6.25. The van der Waals surface area contributed by atoms with E-state index in [0.717, 1.165) is 17.0 Å². The van der Waals surface area contributed by atoms with Gasteiger partial charge in [0, 0.05) is 6.54 Å². The highest BCUT2D eigenvalue weighted by molar-refractivity contribution is 7.85. The van der Waals surface area contributed by atoms with Crippen LogP contribution in [0.2, 0.25) is 0 Å². The third-order valence-electron chi connectivity index (χ3n) is 2.99. The SMILES string of the molecule is C=CCN1C(=O)/C(=C/c2ccccc2S(=O)(=O)[O-])C(=O)NC1=S. The van der Waals surface area contributed by atoms with Gasteiger partial charge in [0.05, 0.1) is 4.90 Å². The average Bonchev–Trinajstić information content (AvgIpc) is 2.47. The molecule has 0 aliphatic carbocycles. The van der Waals surface area contributed by atoms with Crippen molar-refractivity contribution in [3.8, 4) is 0 Å². The fourth-order valence-electron chi connectivity index (χ4n) is 1.97. The van der Waals surface area contributed by atoms with Crippen LogP contribution in [0.15, 0.2) is 47.4 Å². The molecule has 1 aliphatic heterocycles. The molecule has 1 saturated heterocycles. The van der Waals surface area contributed by atoms with Crippen LogP contribution in [-0.4, -0.2) is 41.3 Å². The van der Waals surface area contributed by atoms with Crippen molar-refractivity contribution in [3.63, 3.8) is 0 Å². The van der Waals surface area contributed by atoms with E-state index in [0.29, 0.717) is 0 Å². The van der Waals surface area contributed by atoms with Gasteiger partial charge >= 0.3 is 0 Å². The Hall–Kier alpha value is -2.36. The fraction of sp³-hybridized carbons (Fsp3) is 0.0714. The standard InChI is InChI=1S/C14H12N2O5S2/c1-2-7-16-13(18)10(12(17)15-14(16)22)8-9-5-3-4-6-11(9)23(19,20)21/h2-6,8H,1,7H2,(H,15,17,22)(H,19,20,21)/p-1/b10-8+. The number of thiocarbonyl (C=S) groups is 1. The van der Waals surface area contributed by atoms with Crippen LogP contribution in [0.25, 0.3) is 6.08 Å². The quantitative estimate of drug-likeness (QED) is 0.277. The maximum atomic E-state index is 12.3. The monoisotopic (exact) mass is 351 g/mol. The lowest BCUT2D eigenvalue weighted by Gasteiger charge is -2.28. The number of amides is 2. The molecule has 1 aromatic rings. The van der Waals surface area contributed by atoms with Crippen molar-refractivity contribution < 1.29 is 22.6 Å². The van der Waals surface area contributed by atoms with Crippen molar-refractivity contribution in [3.05, 3.63) is 48.1 Å². The molecule has 9 heteroatoms. The van der Waals surface area contributed by atoms with Crippen molar-refractivity contribution in [2.75, 3.05) is 6.54 Å². The highest BCUT2D eigenvalue weighted by Gasteiger charge is 2.32. The minimum Gasteiger partial charge on any atom is -0.744 e. The number of hydrogen-bond acceptors (Lipinski definition) is 6. The van der Waals surface area contributed by atoms with E-state index in [1.807, 2.05) is 0 Å². The minimum absolute atomic E-state index is 0.0487. The Morgan fingerprint density at radius 2 is 1.96 bits per heavy atom. The lowest BCUT2D eigenvalue weighted by atomic mass is 10.1. The zero-order valence-electron chi connectivity index (χ0n) is 11.7. The summed E-state index contributed by atoms with van der Waals surface area (Å²) in [4.78, 5) is 24.9. The summed E-state index contributed by atoms with van der Waals surface area (Å²) in [6.45, 7) is 3.57. The normalized spacial score (nSPS) is 17.3. The molecule has 0 aromatic heterocycles. The summed E-state index contributed by atoms with van der Waals surface area (Å²) in [6.07, 6.45) is 2.48. The maximum absolute atomic E-state index is 12.3. The van der Waals surface area contributed by atoms with Crippen LogP contribution < -0.4 is 5.32 Å². The molecule has 120 valence electrons. The number of nitrogens with zero attached hydrogens (tertiary/aromatic N) is 1. The number of nitrogens with one attached hydrogen (secondary N) is 1. The molecule has 2 amide bonds. The van der Waals surface area contributed by atoms with E-state index >= 15 is 0 Å².